The second-order valence-corrected chi connectivity index (χ2v) is 10.4. The van der Waals surface area contributed by atoms with E-state index in [0.29, 0.717) is 16.3 Å². The zero-order chi connectivity index (χ0) is 24.6. The predicted octanol–water partition coefficient (Wildman–Crippen LogP) is 7.73. The number of hydrogen-bond acceptors (Lipinski definition) is 2. The van der Waals surface area contributed by atoms with E-state index < -0.39 is 22.1 Å². The summed E-state index contributed by atoms with van der Waals surface area (Å²) in [5.74, 6) is -2.22. The number of rotatable bonds is 7. The summed E-state index contributed by atoms with van der Waals surface area (Å²) in [5, 5.41) is 3.51. The highest BCUT2D eigenvalue weighted by molar-refractivity contribution is 6.53. The average Bonchev–Trinajstić information content (AvgIpc) is 3.38. The van der Waals surface area contributed by atoms with Crippen LogP contribution in [0.5, 0.6) is 0 Å². The Labute approximate surface area is 216 Å². The number of nitrogens with one attached hydrogen (secondary N) is 1. The summed E-state index contributed by atoms with van der Waals surface area (Å²) < 4.78 is 11.8. The highest BCUT2D eigenvalue weighted by atomic mass is 35.5. The fourth-order valence-corrected chi connectivity index (χ4v) is 5.22. The summed E-state index contributed by atoms with van der Waals surface area (Å²) in [6, 6.07) is 15.6. The molecule has 2 unspecified atom stereocenters. The lowest BCUT2D eigenvalue weighted by atomic mass is 10.0. The van der Waals surface area contributed by atoms with Crippen molar-refractivity contribution in [1.82, 2.24) is 0 Å². The molecule has 1 amide bonds. The van der Waals surface area contributed by atoms with Crippen LogP contribution in [-0.2, 0) is 11.2 Å². The molecule has 3 aromatic rings. The molecule has 0 saturated heterocycles. The van der Waals surface area contributed by atoms with E-state index in [1.54, 1.807) is 24.3 Å². The van der Waals surface area contributed by atoms with Crippen molar-refractivity contribution in [3.8, 4) is 0 Å². The summed E-state index contributed by atoms with van der Waals surface area (Å²) in [6.07, 6.45) is 1.68. The summed E-state index contributed by atoms with van der Waals surface area (Å²) in [7, 11) is 0. The van der Waals surface area contributed by atoms with E-state index in [9.17, 15) is 14.0 Å². The van der Waals surface area contributed by atoms with Crippen LogP contribution in [0.2, 0.25) is 10.0 Å². The summed E-state index contributed by atoms with van der Waals surface area (Å²) >= 11 is 25.3. The number of benzene rings is 3. The average molecular weight is 537 g/mol. The Bertz CT molecular complexity index is 1290. The molecule has 3 nitrogen and oxygen atoms in total. The first-order valence-corrected chi connectivity index (χ1v) is 11.8. The standard InChI is InChI=1S/C26H18Cl4FNO2/c1-2-14-9-16(12-17(27)10-14)23-24(26(23,29)30)25(34)32-19-7-8-21(28)20(13-19)22(33)11-15-3-5-18(31)6-4-15/h2-10,12-13,23-24H,1,11H2,(H,32,34). The maximum atomic E-state index is 13.1. The van der Waals surface area contributed by atoms with Gasteiger partial charge >= 0.3 is 0 Å². The number of anilines is 1. The molecule has 0 bridgehead atoms. The Kier molecular flexibility index (Phi) is 7.07. The highest BCUT2D eigenvalue weighted by Crippen LogP contribution is 2.65. The minimum absolute atomic E-state index is 0.0367. The molecule has 34 heavy (non-hydrogen) atoms. The molecule has 4 rings (SSSR count). The van der Waals surface area contributed by atoms with E-state index >= 15 is 0 Å². The van der Waals surface area contributed by atoms with Gasteiger partial charge in [-0.15, -0.1) is 23.2 Å². The Balaban J connectivity index is 1.51. The molecular weight excluding hydrogens is 519 g/mol. The predicted molar refractivity (Wildman–Crippen MR) is 137 cm³/mol. The quantitative estimate of drug-likeness (QED) is 0.248. The Morgan fingerprint density at radius 2 is 1.74 bits per heavy atom. The Hall–Kier alpha value is -2.37. The molecule has 0 heterocycles. The van der Waals surface area contributed by atoms with Gasteiger partial charge in [0.25, 0.3) is 0 Å². The van der Waals surface area contributed by atoms with Gasteiger partial charge in [-0.1, -0.05) is 54.1 Å². The maximum absolute atomic E-state index is 13.1. The van der Waals surface area contributed by atoms with Gasteiger partial charge in [0.1, 0.15) is 10.2 Å². The van der Waals surface area contributed by atoms with Gasteiger partial charge in [0, 0.05) is 28.6 Å². The molecular formula is C26H18Cl4FNO2. The normalized spacial score (nSPS) is 18.3. The fourth-order valence-electron chi connectivity index (χ4n) is 3.92. The van der Waals surface area contributed by atoms with Crippen molar-refractivity contribution < 1.29 is 14.0 Å². The Morgan fingerprint density at radius 3 is 2.41 bits per heavy atom. The molecule has 0 aromatic heterocycles. The molecule has 1 fully saturated rings. The van der Waals surface area contributed by atoms with E-state index in [2.05, 4.69) is 11.9 Å². The number of carbonyl (C=O) groups is 2. The lowest BCUT2D eigenvalue weighted by molar-refractivity contribution is -0.117. The molecule has 0 spiro atoms. The van der Waals surface area contributed by atoms with Crippen LogP contribution in [0.25, 0.3) is 6.08 Å². The molecule has 1 aliphatic rings. The van der Waals surface area contributed by atoms with Gasteiger partial charge in [-0.25, -0.2) is 4.39 Å². The van der Waals surface area contributed by atoms with Gasteiger partial charge in [0.2, 0.25) is 5.91 Å². The zero-order valence-corrected chi connectivity index (χ0v) is 20.6. The van der Waals surface area contributed by atoms with Crippen molar-refractivity contribution in [3.63, 3.8) is 0 Å². The van der Waals surface area contributed by atoms with E-state index in [0.717, 1.165) is 11.1 Å². The summed E-state index contributed by atoms with van der Waals surface area (Å²) in [5.41, 5.74) is 2.79. The molecule has 3 aromatic carbocycles. The molecule has 1 saturated carbocycles. The first-order valence-electron chi connectivity index (χ1n) is 10.3. The first kappa shape index (κ1) is 24.7. The van der Waals surface area contributed by atoms with Crippen molar-refractivity contribution in [2.75, 3.05) is 5.32 Å². The molecule has 2 atom stereocenters. The summed E-state index contributed by atoms with van der Waals surface area (Å²) in [4.78, 5) is 25.8. The van der Waals surface area contributed by atoms with Crippen LogP contribution in [0.4, 0.5) is 10.1 Å². The van der Waals surface area contributed by atoms with Crippen molar-refractivity contribution in [2.45, 2.75) is 16.7 Å². The van der Waals surface area contributed by atoms with Crippen LogP contribution >= 0.6 is 46.4 Å². The number of hydrogen-bond donors (Lipinski definition) is 1. The van der Waals surface area contributed by atoms with Crippen LogP contribution in [0.3, 0.4) is 0 Å². The van der Waals surface area contributed by atoms with Crippen LogP contribution < -0.4 is 5.32 Å². The van der Waals surface area contributed by atoms with Gasteiger partial charge in [0.15, 0.2) is 5.78 Å². The molecule has 0 aliphatic heterocycles. The monoisotopic (exact) mass is 535 g/mol. The largest absolute Gasteiger partial charge is 0.326 e. The van der Waals surface area contributed by atoms with E-state index in [1.165, 1.54) is 36.4 Å². The number of carbonyl (C=O) groups excluding carboxylic acids is 2. The number of amides is 1. The molecule has 1 N–H and O–H groups in total. The topological polar surface area (TPSA) is 46.2 Å². The minimum atomic E-state index is -1.30. The van der Waals surface area contributed by atoms with Gasteiger partial charge in [-0.2, -0.15) is 0 Å². The van der Waals surface area contributed by atoms with Crippen LogP contribution in [0.1, 0.15) is 33.0 Å². The third-order valence-electron chi connectivity index (χ3n) is 5.69. The zero-order valence-electron chi connectivity index (χ0n) is 17.6. The van der Waals surface area contributed by atoms with Crippen LogP contribution in [0.15, 0.2) is 67.2 Å². The summed E-state index contributed by atoms with van der Waals surface area (Å²) in [6.45, 7) is 3.74. The highest BCUT2D eigenvalue weighted by Gasteiger charge is 2.67. The van der Waals surface area contributed by atoms with E-state index in [1.807, 2.05) is 6.07 Å². The van der Waals surface area contributed by atoms with Gasteiger partial charge in [-0.05, 0) is 59.2 Å². The third kappa shape index (κ3) is 5.16. The molecule has 0 radical (unpaired) electrons. The number of Topliss-reactive ketones (excluding diaryl/α,β-unsaturated/α-hetero) is 1. The van der Waals surface area contributed by atoms with Crippen molar-refractivity contribution >= 4 is 69.9 Å². The first-order chi connectivity index (χ1) is 16.1. The minimum Gasteiger partial charge on any atom is -0.326 e. The second-order valence-electron chi connectivity index (χ2n) is 8.06. The van der Waals surface area contributed by atoms with Crippen molar-refractivity contribution in [2.24, 2.45) is 5.92 Å². The molecule has 174 valence electrons. The molecule has 1 aliphatic carbocycles. The molecule has 8 heteroatoms. The van der Waals surface area contributed by atoms with Crippen LogP contribution in [0, 0.1) is 11.7 Å². The second kappa shape index (κ2) is 9.71. The SMILES string of the molecule is C=Cc1cc(Cl)cc(C2C(C(=O)Nc3ccc(Cl)c(C(=O)Cc4ccc(F)cc4)c3)C2(Cl)Cl)c1. The Morgan fingerprint density at radius 1 is 1.03 bits per heavy atom. The number of halogens is 5. The van der Waals surface area contributed by atoms with E-state index in [4.69, 9.17) is 46.4 Å². The van der Waals surface area contributed by atoms with Crippen molar-refractivity contribution in [1.29, 1.82) is 0 Å². The smallest absolute Gasteiger partial charge is 0.231 e. The number of alkyl halides is 2. The van der Waals surface area contributed by atoms with Crippen molar-refractivity contribution in [3.05, 3.63) is 105 Å². The fraction of sp³-hybridized carbons (Fsp3) is 0.154. The van der Waals surface area contributed by atoms with Gasteiger partial charge in [0.05, 0.1) is 10.9 Å². The number of ketones is 1. The lowest BCUT2D eigenvalue weighted by Crippen LogP contribution is -2.17. The van der Waals surface area contributed by atoms with Crippen LogP contribution in [-0.4, -0.2) is 16.0 Å². The maximum Gasteiger partial charge on any atom is 0.231 e. The lowest BCUT2D eigenvalue weighted by Gasteiger charge is -2.09. The van der Waals surface area contributed by atoms with E-state index in [-0.39, 0.29) is 28.6 Å². The van der Waals surface area contributed by atoms with Gasteiger partial charge in [-0.3, -0.25) is 9.59 Å². The van der Waals surface area contributed by atoms with Gasteiger partial charge < -0.3 is 5.32 Å². The third-order valence-corrected chi connectivity index (χ3v) is 7.17.